The smallest absolute Gasteiger partial charge is 0.249 e. The standard InChI is InChI=1S/C5H9NO3/c7-3-1-4(8)5(9)6-2-3/h3-4,7-8H,1-2H2,(H,6,9)/t3-,4?/m1/s1. The molecule has 1 heterocycles. The van der Waals surface area contributed by atoms with Crippen LogP contribution >= 0.6 is 0 Å². The van der Waals surface area contributed by atoms with Crippen LogP contribution < -0.4 is 5.32 Å². The zero-order chi connectivity index (χ0) is 6.85. The van der Waals surface area contributed by atoms with Crippen LogP contribution in [0.3, 0.4) is 0 Å². The summed E-state index contributed by atoms with van der Waals surface area (Å²) in [6.07, 6.45) is -1.45. The van der Waals surface area contributed by atoms with Crippen LogP contribution in [0, 0.1) is 0 Å². The highest BCUT2D eigenvalue weighted by Crippen LogP contribution is 2.02. The molecule has 2 atom stereocenters. The minimum atomic E-state index is -1.02. The zero-order valence-corrected chi connectivity index (χ0v) is 4.87. The van der Waals surface area contributed by atoms with Crippen molar-refractivity contribution >= 4 is 5.91 Å². The third-order valence-corrected chi connectivity index (χ3v) is 1.31. The number of aliphatic hydroxyl groups is 2. The molecule has 1 rings (SSSR count). The van der Waals surface area contributed by atoms with Gasteiger partial charge in [-0.15, -0.1) is 0 Å². The molecular weight excluding hydrogens is 122 g/mol. The third-order valence-electron chi connectivity index (χ3n) is 1.31. The van der Waals surface area contributed by atoms with E-state index in [1.54, 1.807) is 0 Å². The summed E-state index contributed by atoms with van der Waals surface area (Å²) in [7, 11) is 0. The first kappa shape index (κ1) is 6.51. The molecule has 52 valence electrons. The van der Waals surface area contributed by atoms with Crippen molar-refractivity contribution in [1.29, 1.82) is 0 Å². The van der Waals surface area contributed by atoms with Gasteiger partial charge in [-0.1, -0.05) is 0 Å². The van der Waals surface area contributed by atoms with E-state index < -0.39 is 12.2 Å². The molecule has 0 aliphatic carbocycles. The molecule has 0 radical (unpaired) electrons. The van der Waals surface area contributed by atoms with E-state index in [1.165, 1.54) is 0 Å². The quantitative estimate of drug-likeness (QED) is 0.364. The number of hydrogen-bond acceptors (Lipinski definition) is 3. The third kappa shape index (κ3) is 1.40. The van der Waals surface area contributed by atoms with Gasteiger partial charge in [0.05, 0.1) is 6.10 Å². The summed E-state index contributed by atoms with van der Waals surface area (Å²) in [5, 5.41) is 19.9. The molecule has 4 heteroatoms. The number of carbonyl (C=O) groups excluding carboxylic acids is 1. The van der Waals surface area contributed by atoms with Crippen LogP contribution in [0.15, 0.2) is 0 Å². The number of hydrogen-bond donors (Lipinski definition) is 3. The van der Waals surface area contributed by atoms with Gasteiger partial charge < -0.3 is 15.5 Å². The van der Waals surface area contributed by atoms with Crippen LogP contribution in [0.25, 0.3) is 0 Å². The summed E-state index contributed by atoms with van der Waals surface area (Å²) < 4.78 is 0. The van der Waals surface area contributed by atoms with Gasteiger partial charge in [0.2, 0.25) is 5.91 Å². The molecular formula is C5H9NO3. The minimum absolute atomic E-state index is 0.159. The van der Waals surface area contributed by atoms with Gasteiger partial charge in [0.15, 0.2) is 0 Å². The topological polar surface area (TPSA) is 69.6 Å². The van der Waals surface area contributed by atoms with Crippen molar-refractivity contribution in [2.75, 3.05) is 6.54 Å². The lowest BCUT2D eigenvalue weighted by molar-refractivity contribution is -0.134. The number of carbonyl (C=O) groups is 1. The van der Waals surface area contributed by atoms with Crippen molar-refractivity contribution < 1.29 is 15.0 Å². The monoisotopic (exact) mass is 131 g/mol. The van der Waals surface area contributed by atoms with Crippen molar-refractivity contribution in [3.05, 3.63) is 0 Å². The molecule has 0 saturated carbocycles. The Bertz CT molecular complexity index is 125. The predicted octanol–water partition coefficient (Wildman–Crippen LogP) is -1.77. The van der Waals surface area contributed by atoms with Gasteiger partial charge in [-0.2, -0.15) is 0 Å². The van der Waals surface area contributed by atoms with Crippen molar-refractivity contribution in [2.45, 2.75) is 18.6 Å². The molecule has 1 saturated heterocycles. The van der Waals surface area contributed by atoms with Crippen LogP contribution in [-0.4, -0.2) is 34.9 Å². The number of nitrogens with one attached hydrogen (secondary N) is 1. The normalized spacial score (nSPS) is 36.0. The molecule has 4 nitrogen and oxygen atoms in total. The highest BCUT2D eigenvalue weighted by Gasteiger charge is 2.24. The van der Waals surface area contributed by atoms with Gasteiger partial charge in [0, 0.05) is 13.0 Å². The first-order chi connectivity index (χ1) is 4.20. The number of piperidine rings is 1. The van der Waals surface area contributed by atoms with Crippen LogP contribution in [0.4, 0.5) is 0 Å². The highest BCUT2D eigenvalue weighted by molar-refractivity contribution is 5.81. The van der Waals surface area contributed by atoms with Crippen molar-refractivity contribution in [3.63, 3.8) is 0 Å². The summed E-state index contributed by atoms with van der Waals surface area (Å²) in [4.78, 5) is 10.5. The van der Waals surface area contributed by atoms with Crippen LogP contribution in [0.2, 0.25) is 0 Å². The van der Waals surface area contributed by atoms with Gasteiger partial charge in [0.25, 0.3) is 0 Å². The van der Waals surface area contributed by atoms with E-state index in [0.29, 0.717) is 0 Å². The van der Waals surface area contributed by atoms with E-state index in [0.717, 1.165) is 0 Å². The fourth-order valence-electron chi connectivity index (χ4n) is 0.784. The lowest BCUT2D eigenvalue weighted by Gasteiger charge is -2.21. The Morgan fingerprint density at radius 1 is 1.56 bits per heavy atom. The molecule has 1 amide bonds. The maximum atomic E-state index is 10.5. The fraction of sp³-hybridized carbons (Fsp3) is 0.800. The molecule has 0 spiro atoms. The van der Waals surface area contributed by atoms with E-state index in [4.69, 9.17) is 10.2 Å². The molecule has 0 aromatic carbocycles. The summed E-state index contributed by atoms with van der Waals surface area (Å²) >= 11 is 0. The van der Waals surface area contributed by atoms with E-state index in [1.807, 2.05) is 0 Å². The molecule has 9 heavy (non-hydrogen) atoms. The second-order valence-electron chi connectivity index (χ2n) is 2.15. The van der Waals surface area contributed by atoms with Crippen molar-refractivity contribution in [1.82, 2.24) is 5.32 Å². The van der Waals surface area contributed by atoms with Gasteiger partial charge in [0.1, 0.15) is 6.10 Å². The van der Waals surface area contributed by atoms with E-state index in [2.05, 4.69) is 5.32 Å². The van der Waals surface area contributed by atoms with Gasteiger partial charge in [-0.25, -0.2) is 0 Å². The second-order valence-corrected chi connectivity index (χ2v) is 2.15. The van der Waals surface area contributed by atoms with Gasteiger partial charge in [-0.3, -0.25) is 4.79 Å². The van der Waals surface area contributed by atoms with Gasteiger partial charge >= 0.3 is 0 Å². The maximum Gasteiger partial charge on any atom is 0.249 e. The molecule has 1 aliphatic rings. The van der Waals surface area contributed by atoms with Crippen molar-refractivity contribution in [3.8, 4) is 0 Å². The molecule has 0 bridgehead atoms. The number of β-amino-alcohol motifs (C(OH)–C–C–N with tert-alkyl or cyclic N) is 1. The molecule has 3 N–H and O–H groups in total. The Kier molecular flexibility index (Phi) is 1.68. The fourth-order valence-corrected chi connectivity index (χ4v) is 0.784. The first-order valence-electron chi connectivity index (χ1n) is 2.84. The number of aliphatic hydroxyl groups excluding tert-OH is 2. The molecule has 0 aromatic heterocycles. The lowest BCUT2D eigenvalue weighted by atomic mass is 10.1. The zero-order valence-electron chi connectivity index (χ0n) is 4.87. The van der Waals surface area contributed by atoms with Gasteiger partial charge in [-0.05, 0) is 0 Å². The lowest BCUT2D eigenvalue weighted by Crippen LogP contribution is -2.47. The average Bonchev–Trinajstić information content (AvgIpc) is 1.80. The summed E-state index contributed by atoms with van der Waals surface area (Å²) in [6.45, 7) is 0.260. The molecule has 1 unspecified atom stereocenters. The van der Waals surface area contributed by atoms with Crippen LogP contribution in [0.1, 0.15) is 6.42 Å². The minimum Gasteiger partial charge on any atom is -0.391 e. The maximum absolute atomic E-state index is 10.5. The molecule has 1 fully saturated rings. The number of rotatable bonds is 0. The first-order valence-corrected chi connectivity index (χ1v) is 2.84. The highest BCUT2D eigenvalue weighted by atomic mass is 16.3. The Labute approximate surface area is 52.5 Å². The Balaban J connectivity index is 2.44. The molecule has 0 aromatic rings. The SMILES string of the molecule is O=C1NC[C@H](O)CC1O. The predicted molar refractivity (Wildman–Crippen MR) is 29.6 cm³/mol. The Hall–Kier alpha value is -0.610. The van der Waals surface area contributed by atoms with Crippen LogP contribution in [0.5, 0.6) is 0 Å². The van der Waals surface area contributed by atoms with Crippen molar-refractivity contribution in [2.24, 2.45) is 0 Å². The average molecular weight is 131 g/mol. The van der Waals surface area contributed by atoms with E-state index in [-0.39, 0.29) is 18.9 Å². The van der Waals surface area contributed by atoms with Crippen LogP contribution in [-0.2, 0) is 4.79 Å². The number of amides is 1. The summed E-state index contributed by atoms with van der Waals surface area (Å²) in [6, 6.07) is 0. The molecule has 1 aliphatic heterocycles. The second kappa shape index (κ2) is 2.33. The Morgan fingerprint density at radius 3 is 2.67 bits per heavy atom. The Morgan fingerprint density at radius 2 is 2.22 bits per heavy atom. The van der Waals surface area contributed by atoms with E-state index >= 15 is 0 Å². The van der Waals surface area contributed by atoms with E-state index in [9.17, 15) is 4.79 Å². The summed E-state index contributed by atoms with van der Waals surface area (Å²) in [5.74, 6) is -0.389. The summed E-state index contributed by atoms with van der Waals surface area (Å²) in [5.41, 5.74) is 0. The largest absolute Gasteiger partial charge is 0.391 e.